The molecule has 0 atom stereocenters. The monoisotopic (exact) mass is 280 g/mol. The molecule has 0 amide bonds. The molecular weight excluding hydrogens is 264 g/mol. The molecule has 1 aromatic heterocycles. The zero-order valence-corrected chi connectivity index (χ0v) is 11.5. The normalized spacial score (nSPS) is 10.5. The van der Waals surface area contributed by atoms with Gasteiger partial charge in [-0.25, -0.2) is 0 Å². The van der Waals surface area contributed by atoms with E-state index in [4.69, 9.17) is 4.74 Å². The molecule has 106 valence electrons. The second-order valence-corrected chi connectivity index (χ2v) is 4.81. The van der Waals surface area contributed by atoms with Gasteiger partial charge in [-0.1, -0.05) is 42.5 Å². The summed E-state index contributed by atoms with van der Waals surface area (Å²) in [7, 11) is 0. The molecule has 0 fully saturated rings. The quantitative estimate of drug-likeness (QED) is 0.780. The Morgan fingerprint density at radius 3 is 2.48 bits per heavy atom. The van der Waals surface area contributed by atoms with Crippen molar-refractivity contribution in [3.05, 3.63) is 78.1 Å². The number of nitrogens with zero attached hydrogens (tertiary/aromatic N) is 2. The number of phenolic OH excluding ortho intramolecular Hbond substituents is 1. The molecule has 0 bridgehead atoms. The highest BCUT2D eigenvalue weighted by Crippen LogP contribution is 2.14. The predicted octanol–water partition coefficient (Wildman–Crippen LogP) is 3.22. The van der Waals surface area contributed by atoms with Gasteiger partial charge in [0.15, 0.2) is 5.75 Å². The summed E-state index contributed by atoms with van der Waals surface area (Å²) in [4.78, 5) is 0. The molecule has 0 radical (unpaired) electrons. The van der Waals surface area contributed by atoms with Crippen LogP contribution in [0, 0.1) is 0 Å². The topological polar surface area (TPSA) is 47.3 Å². The van der Waals surface area contributed by atoms with Crippen LogP contribution in [0.2, 0.25) is 0 Å². The first-order chi connectivity index (χ1) is 10.3. The molecule has 0 saturated carbocycles. The van der Waals surface area contributed by atoms with E-state index in [1.807, 2.05) is 41.2 Å². The summed E-state index contributed by atoms with van der Waals surface area (Å²) in [6, 6.07) is 17.1. The summed E-state index contributed by atoms with van der Waals surface area (Å²) in [6.07, 6.45) is 3.59. The Bertz CT molecular complexity index is 690. The summed E-state index contributed by atoms with van der Waals surface area (Å²) in [5.74, 6) is 0.994. The number of hydrogen-bond acceptors (Lipinski definition) is 3. The minimum atomic E-state index is 0.259. The van der Waals surface area contributed by atoms with Gasteiger partial charge in [0.05, 0.1) is 18.9 Å². The lowest BCUT2D eigenvalue weighted by atomic mass is 10.2. The van der Waals surface area contributed by atoms with Gasteiger partial charge in [0, 0.05) is 0 Å². The van der Waals surface area contributed by atoms with Crippen molar-refractivity contribution in [2.24, 2.45) is 0 Å². The Balaban J connectivity index is 1.59. The van der Waals surface area contributed by atoms with Crippen molar-refractivity contribution >= 4 is 0 Å². The molecule has 21 heavy (non-hydrogen) atoms. The minimum absolute atomic E-state index is 0.259. The maximum Gasteiger partial charge on any atom is 0.157 e. The number of hydrogen-bond donors (Lipinski definition) is 1. The molecule has 4 heteroatoms. The van der Waals surface area contributed by atoms with Crippen molar-refractivity contribution in [3.63, 3.8) is 0 Å². The highest BCUT2D eigenvalue weighted by Gasteiger charge is 2.01. The zero-order valence-electron chi connectivity index (χ0n) is 11.5. The van der Waals surface area contributed by atoms with E-state index in [9.17, 15) is 5.11 Å². The van der Waals surface area contributed by atoms with Crippen LogP contribution in [0.25, 0.3) is 0 Å². The number of ether oxygens (including phenoxy) is 1. The molecule has 2 aromatic carbocycles. The third kappa shape index (κ3) is 3.63. The molecule has 3 aromatic rings. The van der Waals surface area contributed by atoms with Crippen LogP contribution in [-0.2, 0) is 13.2 Å². The van der Waals surface area contributed by atoms with Crippen LogP contribution in [0.1, 0.15) is 11.1 Å². The van der Waals surface area contributed by atoms with Crippen molar-refractivity contribution in [2.75, 3.05) is 0 Å². The van der Waals surface area contributed by atoms with E-state index >= 15 is 0 Å². The summed E-state index contributed by atoms with van der Waals surface area (Å²) < 4.78 is 7.53. The number of phenols is 1. The maximum absolute atomic E-state index is 9.23. The Kier molecular flexibility index (Phi) is 3.87. The molecule has 3 rings (SSSR count). The van der Waals surface area contributed by atoms with Crippen LogP contribution in [-0.4, -0.2) is 14.9 Å². The van der Waals surface area contributed by atoms with Gasteiger partial charge >= 0.3 is 0 Å². The molecule has 0 saturated heterocycles. The Morgan fingerprint density at radius 2 is 1.71 bits per heavy atom. The molecule has 0 spiro atoms. The second kappa shape index (κ2) is 6.13. The zero-order chi connectivity index (χ0) is 14.5. The van der Waals surface area contributed by atoms with Crippen LogP contribution in [0.4, 0.5) is 0 Å². The minimum Gasteiger partial charge on any atom is -0.508 e. The van der Waals surface area contributed by atoms with Crippen molar-refractivity contribution in [2.45, 2.75) is 13.2 Å². The first-order valence-corrected chi connectivity index (χ1v) is 6.77. The molecule has 1 N–H and O–H groups in total. The molecule has 1 heterocycles. The molecular formula is C17H16N2O2. The van der Waals surface area contributed by atoms with Crippen LogP contribution < -0.4 is 4.74 Å². The van der Waals surface area contributed by atoms with Crippen LogP contribution >= 0.6 is 0 Å². The lowest BCUT2D eigenvalue weighted by Crippen LogP contribution is -1.99. The third-order valence-corrected chi connectivity index (χ3v) is 3.14. The first kappa shape index (κ1) is 13.2. The summed E-state index contributed by atoms with van der Waals surface area (Å²) in [6.45, 7) is 1.18. The highest BCUT2D eigenvalue weighted by atomic mass is 16.5. The van der Waals surface area contributed by atoms with Gasteiger partial charge in [-0.15, -0.1) is 0 Å². The predicted molar refractivity (Wildman–Crippen MR) is 80.2 cm³/mol. The number of rotatable bonds is 5. The van der Waals surface area contributed by atoms with Gasteiger partial charge in [-0.05, 0) is 23.3 Å². The van der Waals surface area contributed by atoms with E-state index < -0.39 is 0 Å². The van der Waals surface area contributed by atoms with E-state index in [2.05, 4.69) is 17.2 Å². The molecule has 0 aliphatic heterocycles. The molecule has 0 unspecified atom stereocenters. The Morgan fingerprint density at radius 1 is 0.952 bits per heavy atom. The van der Waals surface area contributed by atoms with E-state index in [1.54, 1.807) is 18.3 Å². The van der Waals surface area contributed by atoms with Gasteiger partial charge in [-0.3, -0.25) is 4.68 Å². The SMILES string of the molecule is Oc1ccc(COc2cnn(Cc3ccccc3)c2)cc1. The van der Waals surface area contributed by atoms with Crippen molar-refractivity contribution < 1.29 is 9.84 Å². The molecule has 0 aliphatic carbocycles. The maximum atomic E-state index is 9.23. The lowest BCUT2D eigenvalue weighted by Gasteiger charge is -2.04. The number of benzene rings is 2. The van der Waals surface area contributed by atoms with Crippen molar-refractivity contribution in [1.82, 2.24) is 9.78 Å². The van der Waals surface area contributed by atoms with Crippen molar-refractivity contribution in [1.29, 1.82) is 0 Å². The van der Waals surface area contributed by atoms with E-state index in [0.717, 1.165) is 17.9 Å². The molecule has 4 nitrogen and oxygen atoms in total. The summed E-state index contributed by atoms with van der Waals surface area (Å²) in [5, 5.41) is 13.5. The third-order valence-electron chi connectivity index (χ3n) is 3.14. The van der Waals surface area contributed by atoms with Gasteiger partial charge in [0.1, 0.15) is 12.4 Å². The fourth-order valence-electron chi connectivity index (χ4n) is 2.03. The average molecular weight is 280 g/mol. The van der Waals surface area contributed by atoms with Gasteiger partial charge < -0.3 is 9.84 Å². The van der Waals surface area contributed by atoms with Crippen LogP contribution in [0.15, 0.2) is 67.0 Å². The smallest absolute Gasteiger partial charge is 0.157 e. The van der Waals surface area contributed by atoms with Crippen molar-refractivity contribution in [3.8, 4) is 11.5 Å². The van der Waals surface area contributed by atoms with Gasteiger partial charge in [0.25, 0.3) is 0 Å². The number of aromatic hydroxyl groups is 1. The first-order valence-electron chi connectivity index (χ1n) is 6.77. The largest absolute Gasteiger partial charge is 0.508 e. The fourth-order valence-corrected chi connectivity index (χ4v) is 2.03. The van der Waals surface area contributed by atoms with Crippen LogP contribution in [0.3, 0.4) is 0 Å². The number of aromatic nitrogens is 2. The van der Waals surface area contributed by atoms with Gasteiger partial charge in [0.2, 0.25) is 0 Å². The average Bonchev–Trinajstić information content (AvgIpc) is 2.95. The molecule has 0 aliphatic rings. The van der Waals surface area contributed by atoms with E-state index in [0.29, 0.717) is 6.61 Å². The van der Waals surface area contributed by atoms with Gasteiger partial charge in [-0.2, -0.15) is 5.10 Å². The lowest BCUT2D eigenvalue weighted by molar-refractivity contribution is 0.305. The fraction of sp³-hybridized carbons (Fsp3) is 0.118. The Labute approximate surface area is 123 Å². The second-order valence-electron chi connectivity index (χ2n) is 4.81. The Hall–Kier alpha value is -2.75. The summed E-state index contributed by atoms with van der Waals surface area (Å²) in [5.41, 5.74) is 2.20. The van der Waals surface area contributed by atoms with E-state index in [1.165, 1.54) is 5.56 Å². The highest BCUT2D eigenvalue weighted by molar-refractivity contribution is 5.26. The van der Waals surface area contributed by atoms with E-state index in [-0.39, 0.29) is 5.75 Å². The summed E-state index contributed by atoms with van der Waals surface area (Å²) >= 11 is 0. The standard InChI is InChI=1S/C17H16N2O2/c20-16-8-6-15(7-9-16)13-21-17-10-18-19(12-17)11-14-4-2-1-3-5-14/h1-10,12,20H,11,13H2. The van der Waals surface area contributed by atoms with Crippen LogP contribution in [0.5, 0.6) is 11.5 Å².